The first-order chi connectivity index (χ1) is 8.40. The molecule has 0 aromatic carbocycles. The molecule has 7 heteroatoms. The average molecular weight is 258 g/mol. The van der Waals surface area contributed by atoms with Gasteiger partial charge in [-0.25, -0.2) is 0 Å². The van der Waals surface area contributed by atoms with Crippen LogP contribution in [-0.4, -0.2) is 52.1 Å². The monoisotopic (exact) mass is 258 g/mol. The van der Waals surface area contributed by atoms with Crippen LogP contribution >= 0.6 is 0 Å². The predicted octanol–water partition coefficient (Wildman–Crippen LogP) is -0.498. The highest BCUT2D eigenvalue weighted by atomic mass is 16.4. The fourth-order valence-corrected chi connectivity index (χ4v) is 2.08. The van der Waals surface area contributed by atoms with E-state index in [4.69, 9.17) is 15.9 Å². The van der Waals surface area contributed by atoms with Crippen LogP contribution in [0.15, 0.2) is 0 Å². The van der Waals surface area contributed by atoms with E-state index < -0.39 is 18.0 Å². The number of nitrogens with two attached hydrogens (primary N) is 1. The van der Waals surface area contributed by atoms with Crippen LogP contribution in [0, 0.1) is 5.92 Å². The summed E-state index contributed by atoms with van der Waals surface area (Å²) >= 11 is 0. The first kappa shape index (κ1) is 14.4. The number of likely N-dealkylation sites (tertiary alicyclic amines) is 1. The molecule has 2 atom stereocenters. The molecule has 0 bridgehead atoms. The number of aliphatic carboxylic acids is 2. The molecule has 0 aliphatic carbocycles. The Labute approximate surface area is 105 Å². The van der Waals surface area contributed by atoms with Crippen molar-refractivity contribution in [3.63, 3.8) is 0 Å². The molecule has 102 valence electrons. The molecule has 1 fully saturated rings. The standard InChI is InChI=1S/C11H18N2O5/c12-8(1-2-9(14)15)11(18)13-4-3-7(6-13)5-10(16)17/h7-8H,1-6,12H2,(H,14,15)(H,16,17). The molecule has 1 aliphatic rings. The van der Waals surface area contributed by atoms with E-state index in [2.05, 4.69) is 0 Å². The Morgan fingerprint density at radius 3 is 2.50 bits per heavy atom. The van der Waals surface area contributed by atoms with Gasteiger partial charge in [-0.15, -0.1) is 0 Å². The van der Waals surface area contributed by atoms with Crippen molar-refractivity contribution in [2.45, 2.75) is 31.7 Å². The highest BCUT2D eigenvalue weighted by molar-refractivity contribution is 5.82. The van der Waals surface area contributed by atoms with Gasteiger partial charge < -0.3 is 20.8 Å². The summed E-state index contributed by atoms with van der Waals surface area (Å²) in [7, 11) is 0. The summed E-state index contributed by atoms with van der Waals surface area (Å²) in [6.07, 6.45) is 0.672. The van der Waals surface area contributed by atoms with Crippen molar-refractivity contribution in [2.24, 2.45) is 11.7 Å². The van der Waals surface area contributed by atoms with Crippen LogP contribution in [0.3, 0.4) is 0 Å². The molecule has 1 amide bonds. The normalized spacial score (nSPS) is 20.7. The molecule has 2 unspecified atom stereocenters. The molecule has 1 heterocycles. The molecule has 1 saturated heterocycles. The van der Waals surface area contributed by atoms with Crippen LogP contribution in [0.2, 0.25) is 0 Å². The Balaban J connectivity index is 2.39. The lowest BCUT2D eigenvalue weighted by atomic mass is 10.1. The van der Waals surface area contributed by atoms with E-state index in [1.807, 2.05) is 0 Å². The van der Waals surface area contributed by atoms with Crippen molar-refractivity contribution in [3.8, 4) is 0 Å². The van der Waals surface area contributed by atoms with Crippen molar-refractivity contribution in [2.75, 3.05) is 13.1 Å². The van der Waals surface area contributed by atoms with E-state index in [0.717, 1.165) is 0 Å². The van der Waals surface area contributed by atoms with E-state index in [0.29, 0.717) is 19.5 Å². The first-order valence-electron chi connectivity index (χ1n) is 5.88. The maximum absolute atomic E-state index is 11.8. The van der Waals surface area contributed by atoms with Crippen molar-refractivity contribution in [1.82, 2.24) is 4.90 Å². The fraction of sp³-hybridized carbons (Fsp3) is 0.727. The number of carboxylic acids is 2. The molecule has 0 aromatic rings. The Hall–Kier alpha value is -1.63. The fourth-order valence-electron chi connectivity index (χ4n) is 2.08. The smallest absolute Gasteiger partial charge is 0.303 e. The highest BCUT2D eigenvalue weighted by Crippen LogP contribution is 2.20. The molecule has 0 spiro atoms. The van der Waals surface area contributed by atoms with E-state index >= 15 is 0 Å². The summed E-state index contributed by atoms with van der Waals surface area (Å²) in [4.78, 5) is 34.3. The number of carboxylic acid groups (broad SMARTS) is 2. The van der Waals surface area contributed by atoms with Crippen LogP contribution in [0.5, 0.6) is 0 Å². The molecular weight excluding hydrogens is 240 g/mol. The van der Waals surface area contributed by atoms with Gasteiger partial charge in [-0.1, -0.05) is 0 Å². The lowest BCUT2D eigenvalue weighted by molar-refractivity contribution is -0.139. The molecule has 1 rings (SSSR count). The minimum absolute atomic E-state index is 0.0295. The van der Waals surface area contributed by atoms with E-state index in [1.165, 1.54) is 4.90 Å². The third kappa shape index (κ3) is 4.33. The largest absolute Gasteiger partial charge is 0.481 e. The Morgan fingerprint density at radius 1 is 1.28 bits per heavy atom. The molecular formula is C11H18N2O5. The average Bonchev–Trinajstić information content (AvgIpc) is 2.72. The minimum Gasteiger partial charge on any atom is -0.481 e. The van der Waals surface area contributed by atoms with Crippen LogP contribution in [-0.2, 0) is 14.4 Å². The van der Waals surface area contributed by atoms with Gasteiger partial charge in [-0.3, -0.25) is 14.4 Å². The Kier molecular flexibility index (Phi) is 5.08. The number of hydrogen-bond acceptors (Lipinski definition) is 4. The minimum atomic E-state index is -0.983. The number of rotatable bonds is 6. The van der Waals surface area contributed by atoms with Gasteiger partial charge in [0, 0.05) is 25.9 Å². The summed E-state index contributed by atoms with van der Waals surface area (Å²) in [5.74, 6) is -2.17. The van der Waals surface area contributed by atoms with Crippen molar-refractivity contribution < 1.29 is 24.6 Å². The molecule has 7 nitrogen and oxygen atoms in total. The molecule has 4 N–H and O–H groups in total. The van der Waals surface area contributed by atoms with E-state index in [1.54, 1.807) is 0 Å². The second-order valence-corrected chi connectivity index (χ2v) is 4.58. The maximum Gasteiger partial charge on any atom is 0.303 e. The summed E-state index contributed by atoms with van der Waals surface area (Å²) in [5.41, 5.74) is 5.62. The third-order valence-electron chi connectivity index (χ3n) is 3.05. The SMILES string of the molecule is NC(CCC(=O)O)C(=O)N1CCC(CC(=O)O)C1. The van der Waals surface area contributed by atoms with Gasteiger partial charge in [0.25, 0.3) is 0 Å². The van der Waals surface area contributed by atoms with Crippen LogP contribution in [0.1, 0.15) is 25.7 Å². The summed E-state index contributed by atoms with van der Waals surface area (Å²) < 4.78 is 0. The van der Waals surface area contributed by atoms with Gasteiger partial charge in [-0.2, -0.15) is 0 Å². The summed E-state index contributed by atoms with van der Waals surface area (Å²) in [5, 5.41) is 17.2. The van der Waals surface area contributed by atoms with Crippen LogP contribution in [0.25, 0.3) is 0 Å². The van der Waals surface area contributed by atoms with E-state index in [9.17, 15) is 14.4 Å². The molecule has 18 heavy (non-hydrogen) atoms. The van der Waals surface area contributed by atoms with Crippen molar-refractivity contribution in [3.05, 3.63) is 0 Å². The second kappa shape index (κ2) is 6.34. The Morgan fingerprint density at radius 2 is 1.94 bits per heavy atom. The quantitative estimate of drug-likeness (QED) is 0.590. The van der Waals surface area contributed by atoms with Gasteiger partial charge in [-0.05, 0) is 18.8 Å². The first-order valence-corrected chi connectivity index (χ1v) is 5.88. The van der Waals surface area contributed by atoms with Crippen LogP contribution < -0.4 is 5.73 Å². The van der Waals surface area contributed by atoms with Crippen LogP contribution in [0.4, 0.5) is 0 Å². The molecule has 0 aromatic heterocycles. The number of hydrogen-bond donors (Lipinski definition) is 3. The number of carbonyl (C=O) groups is 3. The zero-order valence-electron chi connectivity index (χ0n) is 10.0. The summed E-state index contributed by atoms with van der Waals surface area (Å²) in [6, 6.07) is -0.815. The zero-order valence-corrected chi connectivity index (χ0v) is 10.0. The van der Waals surface area contributed by atoms with Crippen molar-refractivity contribution >= 4 is 17.8 Å². The van der Waals surface area contributed by atoms with Gasteiger partial charge >= 0.3 is 11.9 Å². The third-order valence-corrected chi connectivity index (χ3v) is 3.05. The molecule has 0 radical (unpaired) electrons. The predicted molar refractivity (Wildman–Crippen MR) is 61.8 cm³/mol. The number of nitrogens with zero attached hydrogens (tertiary/aromatic N) is 1. The van der Waals surface area contributed by atoms with Gasteiger partial charge in [0.15, 0.2) is 0 Å². The zero-order chi connectivity index (χ0) is 13.7. The number of amides is 1. The Bertz CT molecular complexity index is 344. The van der Waals surface area contributed by atoms with Crippen molar-refractivity contribution in [1.29, 1.82) is 0 Å². The highest BCUT2D eigenvalue weighted by Gasteiger charge is 2.30. The lowest BCUT2D eigenvalue weighted by Gasteiger charge is -2.20. The van der Waals surface area contributed by atoms with E-state index in [-0.39, 0.29) is 31.1 Å². The molecule has 1 aliphatic heterocycles. The topological polar surface area (TPSA) is 121 Å². The van der Waals surface area contributed by atoms with Gasteiger partial charge in [0.1, 0.15) is 0 Å². The maximum atomic E-state index is 11.8. The van der Waals surface area contributed by atoms with Gasteiger partial charge in [0.2, 0.25) is 5.91 Å². The lowest BCUT2D eigenvalue weighted by Crippen LogP contribution is -2.43. The summed E-state index contributed by atoms with van der Waals surface area (Å²) in [6.45, 7) is 0.892. The number of carbonyl (C=O) groups excluding carboxylic acids is 1. The second-order valence-electron chi connectivity index (χ2n) is 4.58. The van der Waals surface area contributed by atoms with Gasteiger partial charge in [0.05, 0.1) is 6.04 Å². The molecule has 0 saturated carbocycles.